The van der Waals surface area contributed by atoms with E-state index in [-0.39, 0.29) is 0 Å². The third-order valence-electron chi connectivity index (χ3n) is 9.27. The van der Waals surface area contributed by atoms with Crippen LogP contribution in [0.15, 0.2) is 188 Å². The zero-order valence-corrected chi connectivity index (χ0v) is 26.3. The molecule has 2 heteroatoms. The van der Waals surface area contributed by atoms with Crippen molar-refractivity contribution in [2.75, 3.05) is 4.90 Å². The van der Waals surface area contributed by atoms with E-state index in [0.717, 1.165) is 50.5 Å². The van der Waals surface area contributed by atoms with Gasteiger partial charge in [-0.2, -0.15) is 0 Å². The quantitative estimate of drug-likeness (QED) is 0.185. The Bertz CT molecular complexity index is 2300. The highest BCUT2D eigenvalue weighted by Crippen LogP contribution is 2.53. The van der Waals surface area contributed by atoms with Gasteiger partial charge in [-0.05, 0) is 87.3 Å². The van der Waals surface area contributed by atoms with Crippen molar-refractivity contribution in [1.29, 1.82) is 0 Å². The molecule has 8 aromatic carbocycles. The summed E-state index contributed by atoms with van der Waals surface area (Å²) < 4.78 is 6.67. The fourth-order valence-corrected chi connectivity index (χ4v) is 6.91. The van der Waals surface area contributed by atoms with Gasteiger partial charge in [-0.25, -0.2) is 0 Å². The molecule has 0 saturated carbocycles. The SMILES string of the molecule is c1ccc(-c2ccc(N(c3ccc(-c4ccccc4)cc3)c3ccc4cccc5c4c3-c3ccc(-c4ccccc4)cc3O5)cc2)cc1. The highest BCUT2D eigenvalue weighted by molar-refractivity contribution is 6.11. The molecule has 0 spiro atoms. The van der Waals surface area contributed by atoms with Crippen molar-refractivity contribution in [3.63, 3.8) is 0 Å². The second kappa shape index (κ2) is 11.8. The van der Waals surface area contributed by atoms with E-state index in [2.05, 4.69) is 193 Å². The van der Waals surface area contributed by atoms with E-state index in [4.69, 9.17) is 4.74 Å². The summed E-state index contributed by atoms with van der Waals surface area (Å²) in [5.41, 5.74) is 12.6. The Balaban J connectivity index is 1.24. The van der Waals surface area contributed by atoms with Crippen LogP contribution < -0.4 is 9.64 Å². The van der Waals surface area contributed by atoms with Crippen LogP contribution in [0.25, 0.3) is 55.3 Å². The smallest absolute Gasteiger partial charge is 0.136 e. The van der Waals surface area contributed by atoms with Crippen LogP contribution in [0.5, 0.6) is 11.5 Å². The van der Waals surface area contributed by atoms with E-state index < -0.39 is 0 Å². The van der Waals surface area contributed by atoms with Gasteiger partial charge >= 0.3 is 0 Å². The second-order valence-electron chi connectivity index (χ2n) is 12.2. The maximum absolute atomic E-state index is 6.67. The molecule has 1 aliphatic heterocycles. The molecule has 0 N–H and O–H groups in total. The Morgan fingerprint density at radius 3 is 1.42 bits per heavy atom. The van der Waals surface area contributed by atoms with Gasteiger partial charge in [0.1, 0.15) is 11.5 Å². The molecule has 0 unspecified atom stereocenters. The second-order valence-corrected chi connectivity index (χ2v) is 12.2. The molecule has 0 radical (unpaired) electrons. The first-order valence-electron chi connectivity index (χ1n) is 16.3. The predicted octanol–water partition coefficient (Wildman–Crippen LogP) is 13.1. The van der Waals surface area contributed by atoms with Crippen molar-refractivity contribution in [3.05, 3.63) is 188 Å². The minimum atomic E-state index is 0.864. The average molecular weight is 614 g/mol. The van der Waals surface area contributed by atoms with Gasteiger partial charge in [-0.3, -0.25) is 0 Å². The molecule has 1 heterocycles. The Labute approximate surface area is 280 Å². The van der Waals surface area contributed by atoms with Crippen LogP contribution in [0.2, 0.25) is 0 Å². The lowest BCUT2D eigenvalue weighted by molar-refractivity contribution is 0.487. The van der Waals surface area contributed by atoms with Crippen molar-refractivity contribution >= 4 is 27.8 Å². The summed E-state index contributed by atoms with van der Waals surface area (Å²) in [6.45, 7) is 0. The standard InChI is InChI=1S/C46H31NO/c1-4-11-32(12-5-1)35-19-25-39(26-20-35)47(40-27-21-36(22-28-40)33-13-6-2-7-14-33)42-30-24-37-17-10-18-43-45(37)46(42)41-29-23-38(31-44(41)48-43)34-15-8-3-9-16-34/h1-31H. The van der Waals surface area contributed by atoms with Gasteiger partial charge in [0, 0.05) is 27.9 Å². The molecule has 0 amide bonds. The highest BCUT2D eigenvalue weighted by atomic mass is 16.5. The molecule has 2 nitrogen and oxygen atoms in total. The predicted molar refractivity (Wildman–Crippen MR) is 200 cm³/mol. The van der Waals surface area contributed by atoms with Gasteiger partial charge in [-0.1, -0.05) is 140 Å². The van der Waals surface area contributed by atoms with Crippen LogP contribution in [0.1, 0.15) is 0 Å². The number of hydrogen-bond donors (Lipinski definition) is 0. The largest absolute Gasteiger partial charge is 0.456 e. The first-order valence-corrected chi connectivity index (χ1v) is 16.3. The fourth-order valence-electron chi connectivity index (χ4n) is 6.91. The van der Waals surface area contributed by atoms with Crippen molar-refractivity contribution in [2.45, 2.75) is 0 Å². The maximum Gasteiger partial charge on any atom is 0.136 e. The molecule has 1 aliphatic rings. The molecular weight excluding hydrogens is 583 g/mol. The third-order valence-corrected chi connectivity index (χ3v) is 9.27. The van der Waals surface area contributed by atoms with Crippen LogP contribution >= 0.6 is 0 Å². The van der Waals surface area contributed by atoms with Gasteiger partial charge in [0.05, 0.1) is 5.69 Å². The van der Waals surface area contributed by atoms with E-state index in [1.54, 1.807) is 0 Å². The summed E-state index contributed by atoms with van der Waals surface area (Å²) in [5, 5.41) is 2.28. The number of ether oxygens (including phenoxy) is 1. The Hall–Kier alpha value is -6.38. The molecule has 0 atom stereocenters. The van der Waals surface area contributed by atoms with Gasteiger partial charge in [-0.15, -0.1) is 0 Å². The van der Waals surface area contributed by atoms with E-state index in [0.29, 0.717) is 0 Å². The highest BCUT2D eigenvalue weighted by Gasteiger charge is 2.27. The van der Waals surface area contributed by atoms with Crippen LogP contribution in [0, 0.1) is 0 Å². The first kappa shape index (κ1) is 27.9. The van der Waals surface area contributed by atoms with E-state index >= 15 is 0 Å². The van der Waals surface area contributed by atoms with Gasteiger partial charge in [0.2, 0.25) is 0 Å². The average Bonchev–Trinajstić information content (AvgIpc) is 3.17. The minimum absolute atomic E-state index is 0.864. The summed E-state index contributed by atoms with van der Waals surface area (Å²) in [4.78, 5) is 2.38. The third kappa shape index (κ3) is 4.92. The molecule has 48 heavy (non-hydrogen) atoms. The van der Waals surface area contributed by atoms with Gasteiger partial charge in [0.25, 0.3) is 0 Å². The van der Waals surface area contributed by atoms with Gasteiger partial charge < -0.3 is 9.64 Å². The molecule has 0 aliphatic carbocycles. The lowest BCUT2D eigenvalue weighted by Crippen LogP contribution is -2.12. The maximum atomic E-state index is 6.67. The van der Waals surface area contributed by atoms with E-state index in [1.165, 1.54) is 33.4 Å². The summed E-state index contributed by atoms with van der Waals surface area (Å²) >= 11 is 0. The summed E-state index contributed by atoms with van der Waals surface area (Å²) in [5.74, 6) is 1.74. The molecule has 0 fully saturated rings. The lowest BCUT2D eigenvalue weighted by atomic mass is 9.90. The fraction of sp³-hybridized carbons (Fsp3) is 0. The normalized spacial score (nSPS) is 11.5. The van der Waals surface area contributed by atoms with Crippen molar-refractivity contribution in [1.82, 2.24) is 0 Å². The molecule has 0 aromatic heterocycles. The summed E-state index contributed by atoms with van der Waals surface area (Å²) in [7, 11) is 0. The molecule has 0 bridgehead atoms. The van der Waals surface area contributed by atoms with Crippen molar-refractivity contribution < 1.29 is 4.74 Å². The Morgan fingerprint density at radius 2 is 0.854 bits per heavy atom. The van der Waals surface area contributed by atoms with Crippen LogP contribution in [-0.2, 0) is 0 Å². The number of nitrogens with zero attached hydrogens (tertiary/aromatic N) is 1. The van der Waals surface area contributed by atoms with Crippen molar-refractivity contribution in [3.8, 4) is 56.0 Å². The summed E-state index contributed by atoms with van der Waals surface area (Å²) in [6, 6.07) is 66.8. The lowest BCUT2D eigenvalue weighted by Gasteiger charge is -2.31. The van der Waals surface area contributed by atoms with E-state index in [1.807, 2.05) is 0 Å². The van der Waals surface area contributed by atoms with Crippen molar-refractivity contribution in [2.24, 2.45) is 0 Å². The molecule has 9 rings (SSSR count). The number of anilines is 3. The summed E-state index contributed by atoms with van der Waals surface area (Å²) in [6.07, 6.45) is 0. The Kier molecular flexibility index (Phi) is 6.84. The number of hydrogen-bond acceptors (Lipinski definition) is 2. The van der Waals surface area contributed by atoms with Crippen LogP contribution in [0.4, 0.5) is 17.1 Å². The first-order chi connectivity index (χ1) is 23.8. The number of rotatable bonds is 6. The number of fused-ring (bicyclic) bond motifs is 2. The molecule has 8 aromatic rings. The topological polar surface area (TPSA) is 12.5 Å². The molecule has 226 valence electrons. The zero-order valence-electron chi connectivity index (χ0n) is 26.3. The van der Waals surface area contributed by atoms with Crippen LogP contribution in [-0.4, -0.2) is 0 Å². The molecule has 0 saturated heterocycles. The minimum Gasteiger partial charge on any atom is -0.456 e. The zero-order chi connectivity index (χ0) is 31.9. The van der Waals surface area contributed by atoms with E-state index in [9.17, 15) is 0 Å². The number of benzene rings is 8. The van der Waals surface area contributed by atoms with Gasteiger partial charge in [0.15, 0.2) is 0 Å². The van der Waals surface area contributed by atoms with Crippen LogP contribution in [0.3, 0.4) is 0 Å². The molecular formula is C46H31NO. The Morgan fingerprint density at radius 1 is 0.354 bits per heavy atom. The monoisotopic (exact) mass is 613 g/mol.